The van der Waals surface area contributed by atoms with Crippen molar-refractivity contribution in [1.29, 1.82) is 0 Å². The average molecular weight is 205 g/mol. The summed E-state index contributed by atoms with van der Waals surface area (Å²) in [6.45, 7) is 0.379. The second-order valence-electron chi connectivity index (χ2n) is 2.59. The molecule has 14 heavy (non-hydrogen) atoms. The molecule has 0 aliphatic carbocycles. The zero-order valence-electron chi connectivity index (χ0n) is 7.73. The molecule has 0 spiro atoms. The Morgan fingerprint density at radius 1 is 1.50 bits per heavy atom. The normalized spacial score (nSPS) is 12.1. The third-order valence-corrected chi connectivity index (χ3v) is 1.33. The predicted octanol–water partition coefficient (Wildman–Crippen LogP) is -2.51. The van der Waals surface area contributed by atoms with Gasteiger partial charge in [-0.3, -0.25) is 9.59 Å². The van der Waals surface area contributed by atoms with E-state index in [4.69, 9.17) is 21.3 Å². The van der Waals surface area contributed by atoms with Crippen LogP contribution < -0.4 is 16.8 Å². The van der Waals surface area contributed by atoms with Gasteiger partial charge in [-0.15, -0.1) is 0 Å². The number of ether oxygens (including phenoxy) is 1. The van der Waals surface area contributed by atoms with Gasteiger partial charge in [-0.1, -0.05) is 0 Å². The number of amides is 1. The SMILES string of the molecule is NCCOCC(=O)NC[C@H](N)C(=O)O. The lowest BCUT2D eigenvalue weighted by molar-refractivity contribution is -0.138. The van der Waals surface area contributed by atoms with Gasteiger partial charge in [0.05, 0.1) is 6.61 Å². The fourth-order valence-electron chi connectivity index (χ4n) is 0.610. The standard InChI is InChI=1S/C7H15N3O4/c8-1-2-14-4-6(11)10-3-5(9)7(12)13/h5H,1-4,8-9H2,(H,10,11)(H,12,13)/t5-/m0/s1. The molecule has 82 valence electrons. The summed E-state index contributed by atoms with van der Waals surface area (Å²) in [7, 11) is 0. The second kappa shape index (κ2) is 7.25. The molecule has 0 aromatic heterocycles. The lowest BCUT2D eigenvalue weighted by atomic mass is 10.3. The first kappa shape index (κ1) is 12.8. The van der Waals surface area contributed by atoms with E-state index in [1.54, 1.807) is 0 Å². The monoisotopic (exact) mass is 205 g/mol. The number of hydrogen-bond acceptors (Lipinski definition) is 5. The van der Waals surface area contributed by atoms with E-state index in [0.717, 1.165) is 0 Å². The second-order valence-corrected chi connectivity index (χ2v) is 2.59. The molecule has 6 N–H and O–H groups in total. The fourth-order valence-corrected chi connectivity index (χ4v) is 0.610. The number of aliphatic carboxylic acids is 1. The molecule has 1 atom stereocenters. The summed E-state index contributed by atoms with van der Waals surface area (Å²) >= 11 is 0. The van der Waals surface area contributed by atoms with E-state index in [0.29, 0.717) is 13.2 Å². The van der Waals surface area contributed by atoms with Gasteiger partial charge in [-0.05, 0) is 0 Å². The van der Waals surface area contributed by atoms with Crippen molar-refractivity contribution < 1.29 is 19.4 Å². The first-order chi connectivity index (χ1) is 6.57. The highest BCUT2D eigenvalue weighted by atomic mass is 16.5. The fraction of sp³-hybridized carbons (Fsp3) is 0.714. The summed E-state index contributed by atoms with van der Waals surface area (Å²) in [5.74, 6) is -1.57. The van der Waals surface area contributed by atoms with E-state index in [9.17, 15) is 9.59 Å². The van der Waals surface area contributed by atoms with Crippen LogP contribution in [-0.4, -0.2) is 49.3 Å². The number of carbonyl (C=O) groups excluding carboxylic acids is 1. The number of nitrogens with two attached hydrogens (primary N) is 2. The van der Waals surface area contributed by atoms with Crippen molar-refractivity contribution in [2.75, 3.05) is 26.3 Å². The van der Waals surface area contributed by atoms with Crippen molar-refractivity contribution >= 4 is 11.9 Å². The molecule has 0 aliphatic rings. The summed E-state index contributed by atoms with van der Waals surface area (Å²) in [5, 5.41) is 10.7. The molecule has 0 saturated carbocycles. The zero-order valence-corrected chi connectivity index (χ0v) is 7.73. The van der Waals surface area contributed by atoms with Gasteiger partial charge in [0.1, 0.15) is 12.6 Å². The van der Waals surface area contributed by atoms with Crippen LogP contribution in [0.25, 0.3) is 0 Å². The Kier molecular flexibility index (Phi) is 6.63. The van der Waals surface area contributed by atoms with Crippen molar-refractivity contribution in [3.63, 3.8) is 0 Å². The van der Waals surface area contributed by atoms with Gasteiger partial charge >= 0.3 is 5.97 Å². The minimum absolute atomic E-state index is 0.111. The van der Waals surface area contributed by atoms with E-state index in [1.807, 2.05) is 0 Å². The Hall–Kier alpha value is -1.18. The third kappa shape index (κ3) is 6.35. The van der Waals surface area contributed by atoms with Crippen molar-refractivity contribution in [3.05, 3.63) is 0 Å². The van der Waals surface area contributed by atoms with Gasteiger partial charge in [0.2, 0.25) is 5.91 Å². The highest BCUT2D eigenvalue weighted by Gasteiger charge is 2.12. The first-order valence-corrected chi connectivity index (χ1v) is 4.10. The lowest BCUT2D eigenvalue weighted by Crippen LogP contribution is -2.43. The van der Waals surface area contributed by atoms with Crippen LogP contribution in [-0.2, 0) is 14.3 Å². The van der Waals surface area contributed by atoms with Crippen LogP contribution in [0.4, 0.5) is 0 Å². The van der Waals surface area contributed by atoms with Crippen LogP contribution in [0.1, 0.15) is 0 Å². The maximum atomic E-state index is 10.9. The van der Waals surface area contributed by atoms with Crippen LogP contribution in [0.5, 0.6) is 0 Å². The van der Waals surface area contributed by atoms with Crippen LogP contribution >= 0.6 is 0 Å². The summed E-state index contributed by atoms with van der Waals surface area (Å²) in [5.41, 5.74) is 10.3. The van der Waals surface area contributed by atoms with Crippen molar-refractivity contribution in [2.45, 2.75) is 6.04 Å². The molecule has 0 rings (SSSR count). The van der Waals surface area contributed by atoms with Gasteiger partial charge in [0.25, 0.3) is 0 Å². The number of carbonyl (C=O) groups is 2. The van der Waals surface area contributed by atoms with Gasteiger partial charge in [-0.2, -0.15) is 0 Å². The van der Waals surface area contributed by atoms with Crippen molar-refractivity contribution in [2.24, 2.45) is 11.5 Å². The average Bonchev–Trinajstić information content (AvgIpc) is 2.14. The Bertz CT molecular complexity index is 197. The molecule has 1 amide bonds. The van der Waals surface area contributed by atoms with E-state index >= 15 is 0 Å². The molecule has 0 aromatic rings. The molecule has 0 aliphatic heterocycles. The number of nitrogens with one attached hydrogen (secondary N) is 1. The quantitative estimate of drug-likeness (QED) is 0.340. The molecule has 7 nitrogen and oxygen atoms in total. The summed E-state index contributed by atoms with van der Waals surface area (Å²) in [4.78, 5) is 21.2. The molecule has 0 saturated heterocycles. The topological polar surface area (TPSA) is 128 Å². The smallest absolute Gasteiger partial charge is 0.322 e. The van der Waals surface area contributed by atoms with Gasteiger partial charge in [0.15, 0.2) is 0 Å². The maximum Gasteiger partial charge on any atom is 0.322 e. The molecule has 0 fully saturated rings. The highest BCUT2D eigenvalue weighted by Crippen LogP contribution is 1.77. The van der Waals surface area contributed by atoms with E-state index in [1.165, 1.54) is 0 Å². The molecule has 0 unspecified atom stereocenters. The molecule has 0 radical (unpaired) electrons. The molecule has 7 heteroatoms. The molecular formula is C7H15N3O4. The predicted molar refractivity (Wildman–Crippen MR) is 48.5 cm³/mol. The minimum atomic E-state index is -1.16. The van der Waals surface area contributed by atoms with E-state index in [-0.39, 0.29) is 13.2 Å². The van der Waals surface area contributed by atoms with Gasteiger partial charge in [-0.25, -0.2) is 0 Å². The number of carboxylic acid groups (broad SMARTS) is 1. The summed E-state index contributed by atoms with van der Waals surface area (Å²) in [6.07, 6.45) is 0. The van der Waals surface area contributed by atoms with Crippen molar-refractivity contribution in [1.82, 2.24) is 5.32 Å². The molecular weight excluding hydrogens is 190 g/mol. The van der Waals surface area contributed by atoms with Crippen LogP contribution in [0, 0.1) is 0 Å². The van der Waals surface area contributed by atoms with E-state index in [2.05, 4.69) is 5.32 Å². The Balaban J connectivity index is 3.48. The van der Waals surface area contributed by atoms with E-state index < -0.39 is 17.9 Å². The van der Waals surface area contributed by atoms with Crippen LogP contribution in [0.3, 0.4) is 0 Å². The molecule has 0 bridgehead atoms. The maximum absolute atomic E-state index is 10.9. The third-order valence-electron chi connectivity index (χ3n) is 1.33. The van der Waals surface area contributed by atoms with Crippen LogP contribution in [0.2, 0.25) is 0 Å². The number of carboxylic acids is 1. The summed E-state index contributed by atoms with van der Waals surface area (Å²) in [6, 6.07) is -1.09. The zero-order chi connectivity index (χ0) is 11.0. The van der Waals surface area contributed by atoms with Crippen molar-refractivity contribution in [3.8, 4) is 0 Å². The highest BCUT2D eigenvalue weighted by molar-refractivity contribution is 5.79. The van der Waals surface area contributed by atoms with Gasteiger partial charge < -0.3 is 26.6 Å². The lowest BCUT2D eigenvalue weighted by Gasteiger charge is -2.08. The van der Waals surface area contributed by atoms with Gasteiger partial charge in [0, 0.05) is 13.1 Å². The minimum Gasteiger partial charge on any atom is -0.480 e. The Morgan fingerprint density at radius 2 is 2.14 bits per heavy atom. The number of rotatable bonds is 7. The Morgan fingerprint density at radius 3 is 2.64 bits per heavy atom. The Labute approximate surface area is 81.4 Å². The largest absolute Gasteiger partial charge is 0.480 e. The number of hydrogen-bond donors (Lipinski definition) is 4. The summed E-state index contributed by atoms with van der Waals surface area (Å²) < 4.78 is 4.81. The first-order valence-electron chi connectivity index (χ1n) is 4.10. The van der Waals surface area contributed by atoms with Crippen LogP contribution in [0.15, 0.2) is 0 Å². The molecule has 0 heterocycles. The molecule has 0 aromatic carbocycles.